The summed E-state index contributed by atoms with van der Waals surface area (Å²) in [7, 11) is 1.66. The molecule has 0 spiro atoms. The Morgan fingerprint density at radius 2 is 1.81 bits per heavy atom. The number of ether oxygens (including phenoxy) is 1. The predicted molar refractivity (Wildman–Crippen MR) is 102 cm³/mol. The highest BCUT2D eigenvalue weighted by molar-refractivity contribution is 5.92. The quantitative estimate of drug-likeness (QED) is 0.887. The summed E-state index contributed by atoms with van der Waals surface area (Å²) in [6, 6.07) is 9.89. The lowest BCUT2D eigenvalue weighted by Crippen LogP contribution is -2.49. The predicted octanol–water partition coefficient (Wildman–Crippen LogP) is 2.27. The fourth-order valence-corrected chi connectivity index (χ4v) is 2.93. The number of piperazine rings is 1. The highest BCUT2D eigenvalue weighted by Crippen LogP contribution is 2.21. The summed E-state index contributed by atoms with van der Waals surface area (Å²) in [5, 5.41) is 3.13. The molecule has 1 aromatic carbocycles. The van der Waals surface area contributed by atoms with Crippen molar-refractivity contribution in [2.45, 2.75) is 19.9 Å². The van der Waals surface area contributed by atoms with Gasteiger partial charge >= 0.3 is 0 Å². The number of carbonyl (C=O) groups excluding carboxylic acids is 1. The Hall–Kier alpha value is -2.83. The lowest BCUT2D eigenvalue weighted by molar-refractivity contribution is 0.0741. The molecular formula is C19H25N5O2. The number of rotatable bonds is 5. The van der Waals surface area contributed by atoms with Gasteiger partial charge in [-0.1, -0.05) is 0 Å². The second-order valence-electron chi connectivity index (χ2n) is 6.54. The molecule has 1 aliphatic rings. The van der Waals surface area contributed by atoms with E-state index in [-0.39, 0.29) is 11.9 Å². The van der Waals surface area contributed by atoms with Gasteiger partial charge in [-0.3, -0.25) is 4.79 Å². The number of hydrogen-bond acceptors (Lipinski definition) is 6. The van der Waals surface area contributed by atoms with Gasteiger partial charge in [0.1, 0.15) is 11.4 Å². The fraction of sp³-hybridized carbons (Fsp3) is 0.421. The second kappa shape index (κ2) is 8.03. The van der Waals surface area contributed by atoms with Gasteiger partial charge in [0.05, 0.1) is 7.11 Å². The first kappa shape index (κ1) is 18.0. The minimum absolute atomic E-state index is 0.0476. The number of aromatic nitrogens is 2. The molecule has 1 fully saturated rings. The van der Waals surface area contributed by atoms with Crippen molar-refractivity contribution >= 4 is 17.5 Å². The van der Waals surface area contributed by atoms with Crippen molar-refractivity contribution in [3.8, 4) is 5.75 Å². The monoisotopic (exact) mass is 355 g/mol. The number of nitrogens with zero attached hydrogens (tertiary/aromatic N) is 4. The first-order valence-corrected chi connectivity index (χ1v) is 8.84. The zero-order valence-corrected chi connectivity index (χ0v) is 15.5. The number of nitrogens with one attached hydrogen (secondary N) is 1. The molecule has 26 heavy (non-hydrogen) atoms. The van der Waals surface area contributed by atoms with E-state index in [1.54, 1.807) is 19.4 Å². The van der Waals surface area contributed by atoms with E-state index in [1.165, 1.54) is 0 Å². The molecule has 1 aromatic heterocycles. The van der Waals surface area contributed by atoms with E-state index in [4.69, 9.17) is 4.74 Å². The average molecular weight is 355 g/mol. The van der Waals surface area contributed by atoms with E-state index in [2.05, 4.69) is 20.2 Å². The van der Waals surface area contributed by atoms with E-state index in [9.17, 15) is 4.79 Å². The van der Waals surface area contributed by atoms with Gasteiger partial charge in [0.25, 0.3) is 5.91 Å². The van der Waals surface area contributed by atoms with Gasteiger partial charge < -0.3 is 19.9 Å². The Morgan fingerprint density at radius 1 is 1.12 bits per heavy atom. The number of carbonyl (C=O) groups is 1. The zero-order chi connectivity index (χ0) is 18.5. The molecule has 1 aliphatic heterocycles. The van der Waals surface area contributed by atoms with Crippen LogP contribution in [0.2, 0.25) is 0 Å². The first-order chi connectivity index (χ1) is 12.6. The van der Waals surface area contributed by atoms with Crippen molar-refractivity contribution in [3.05, 3.63) is 42.2 Å². The molecule has 7 nitrogen and oxygen atoms in total. The Balaban J connectivity index is 1.61. The molecule has 0 bridgehead atoms. The normalized spacial score (nSPS) is 14.5. The van der Waals surface area contributed by atoms with Crippen LogP contribution in [0.1, 0.15) is 24.3 Å². The minimum atomic E-state index is -0.0476. The lowest BCUT2D eigenvalue weighted by Gasteiger charge is -2.36. The van der Waals surface area contributed by atoms with E-state index >= 15 is 0 Å². The van der Waals surface area contributed by atoms with E-state index < -0.39 is 0 Å². The molecule has 0 radical (unpaired) electrons. The van der Waals surface area contributed by atoms with E-state index in [0.29, 0.717) is 24.7 Å². The molecule has 0 unspecified atom stereocenters. The third-order valence-corrected chi connectivity index (χ3v) is 4.30. The molecule has 2 aromatic rings. The standard InChI is InChI=1S/C19H25N5O2/c1-14(2)21-19-20-9-8-17(22-19)18(25)24-12-10-23(11-13-24)15-4-6-16(26-3)7-5-15/h4-9,14H,10-13H2,1-3H3,(H,20,21,22). The summed E-state index contributed by atoms with van der Waals surface area (Å²) >= 11 is 0. The first-order valence-electron chi connectivity index (χ1n) is 8.84. The van der Waals surface area contributed by atoms with Crippen molar-refractivity contribution in [1.29, 1.82) is 0 Å². The van der Waals surface area contributed by atoms with E-state index in [1.807, 2.05) is 43.0 Å². The van der Waals surface area contributed by atoms with Gasteiger partial charge in [-0.05, 0) is 44.2 Å². The summed E-state index contributed by atoms with van der Waals surface area (Å²) in [6.07, 6.45) is 1.62. The van der Waals surface area contributed by atoms with Gasteiger partial charge in [0, 0.05) is 44.1 Å². The van der Waals surface area contributed by atoms with Crippen LogP contribution in [0.4, 0.5) is 11.6 Å². The molecule has 0 atom stereocenters. The Morgan fingerprint density at radius 3 is 2.42 bits per heavy atom. The molecular weight excluding hydrogens is 330 g/mol. The lowest BCUT2D eigenvalue weighted by atomic mass is 10.2. The number of methoxy groups -OCH3 is 1. The highest BCUT2D eigenvalue weighted by atomic mass is 16.5. The minimum Gasteiger partial charge on any atom is -0.497 e. The summed E-state index contributed by atoms with van der Waals surface area (Å²) in [5.41, 5.74) is 1.57. The average Bonchev–Trinajstić information content (AvgIpc) is 2.67. The molecule has 1 saturated heterocycles. The van der Waals surface area contributed by atoms with Crippen LogP contribution in [0.15, 0.2) is 36.5 Å². The van der Waals surface area contributed by atoms with Crippen LogP contribution in [-0.2, 0) is 0 Å². The third-order valence-electron chi connectivity index (χ3n) is 4.30. The summed E-state index contributed by atoms with van der Waals surface area (Å²) in [4.78, 5) is 25.4. The van der Waals surface area contributed by atoms with Gasteiger partial charge in [-0.2, -0.15) is 0 Å². The van der Waals surface area contributed by atoms with Crippen molar-refractivity contribution in [2.75, 3.05) is 43.5 Å². The molecule has 2 heterocycles. The number of hydrogen-bond donors (Lipinski definition) is 1. The molecule has 7 heteroatoms. The van der Waals surface area contributed by atoms with Crippen LogP contribution in [0.5, 0.6) is 5.75 Å². The Bertz CT molecular complexity index is 740. The largest absolute Gasteiger partial charge is 0.497 e. The summed E-state index contributed by atoms with van der Waals surface area (Å²) < 4.78 is 5.20. The molecule has 138 valence electrons. The highest BCUT2D eigenvalue weighted by Gasteiger charge is 2.23. The zero-order valence-electron chi connectivity index (χ0n) is 15.5. The van der Waals surface area contributed by atoms with Crippen LogP contribution in [0.3, 0.4) is 0 Å². The van der Waals surface area contributed by atoms with Crippen molar-refractivity contribution in [3.63, 3.8) is 0 Å². The summed E-state index contributed by atoms with van der Waals surface area (Å²) in [5.74, 6) is 1.29. The van der Waals surface area contributed by atoms with Gasteiger partial charge in [0.2, 0.25) is 5.95 Å². The number of anilines is 2. The van der Waals surface area contributed by atoms with Crippen molar-refractivity contribution in [1.82, 2.24) is 14.9 Å². The second-order valence-corrected chi connectivity index (χ2v) is 6.54. The maximum absolute atomic E-state index is 12.7. The molecule has 1 N–H and O–H groups in total. The Kier molecular flexibility index (Phi) is 5.55. The molecule has 0 saturated carbocycles. The maximum Gasteiger partial charge on any atom is 0.272 e. The third kappa shape index (κ3) is 4.22. The molecule has 0 aliphatic carbocycles. The van der Waals surface area contributed by atoms with Gasteiger partial charge in [-0.25, -0.2) is 9.97 Å². The summed E-state index contributed by atoms with van der Waals surface area (Å²) in [6.45, 7) is 6.94. The molecule has 1 amide bonds. The van der Waals surface area contributed by atoms with Crippen LogP contribution in [-0.4, -0.2) is 60.1 Å². The smallest absolute Gasteiger partial charge is 0.272 e. The van der Waals surface area contributed by atoms with Gasteiger partial charge in [0.15, 0.2) is 0 Å². The van der Waals surface area contributed by atoms with Crippen molar-refractivity contribution < 1.29 is 9.53 Å². The van der Waals surface area contributed by atoms with Crippen molar-refractivity contribution in [2.24, 2.45) is 0 Å². The SMILES string of the molecule is COc1ccc(N2CCN(C(=O)c3ccnc(NC(C)C)n3)CC2)cc1. The van der Waals surface area contributed by atoms with Crippen LogP contribution in [0, 0.1) is 0 Å². The van der Waals surface area contributed by atoms with Crippen LogP contribution >= 0.6 is 0 Å². The fourth-order valence-electron chi connectivity index (χ4n) is 2.93. The topological polar surface area (TPSA) is 70.6 Å². The van der Waals surface area contributed by atoms with Crippen LogP contribution in [0.25, 0.3) is 0 Å². The maximum atomic E-state index is 12.7. The van der Waals surface area contributed by atoms with Crippen LogP contribution < -0.4 is 15.0 Å². The Labute approximate surface area is 154 Å². The van der Waals surface area contributed by atoms with Gasteiger partial charge in [-0.15, -0.1) is 0 Å². The molecule has 3 rings (SSSR count). The number of benzene rings is 1. The number of amides is 1. The van der Waals surface area contributed by atoms with E-state index in [0.717, 1.165) is 24.5 Å².